The first-order valence-corrected chi connectivity index (χ1v) is 12.0. The third kappa shape index (κ3) is 5.19. The molecule has 2 amide bonds. The van der Waals surface area contributed by atoms with Gasteiger partial charge in [0.25, 0.3) is 5.91 Å². The monoisotopic (exact) mass is 424 g/mol. The maximum absolute atomic E-state index is 13.1. The van der Waals surface area contributed by atoms with Crippen LogP contribution in [0.5, 0.6) is 0 Å². The Balaban J connectivity index is 1.71. The average Bonchev–Trinajstić information content (AvgIpc) is 3.04. The van der Waals surface area contributed by atoms with Crippen LogP contribution in [0.2, 0.25) is 0 Å². The van der Waals surface area contributed by atoms with Gasteiger partial charge in [0.15, 0.2) is 0 Å². The zero-order valence-electron chi connectivity index (χ0n) is 17.3. The summed E-state index contributed by atoms with van der Waals surface area (Å²) in [6.07, 6.45) is 6.90. The van der Waals surface area contributed by atoms with E-state index in [0.717, 1.165) is 25.7 Å². The van der Waals surface area contributed by atoms with Crippen molar-refractivity contribution in [1.29, 1.82) is 0 Å². The van der Waals surface area contributed by atoms with E-state index >= 15 is 0 Å². The van der Waals surface area contributed by atoms with E-state index in [0.29, 0.717) is 38.2 Å². The van der Waals surface area contributed by atoms with Crippen LogP contribution in [-0.2, 0) is 14.8 Å². The highest BCUT2D eigenvalue weighted by molar-refractivity contribution is 7.89. The van der Waals surface area contributed by atoms with E-state index in [1.807, 2.05) is 13.8 Å². The molecule has 2 aliphatic rings. The quantitative estimate of drug-likeness (QED) is 0.754. The first kappa shape index (κ1) is 21.8. The molecule has 1 aromatic rings. The van der Waals surface area contributed by atoms with E-state index in [9.17, 15) is 18.0 Å². The summed E-state index contributed by atoms with van der Waals surface area (Å²) in [6, 6.07) is 1.45. The first-order valence-electron chi connectivity index (χ1n) is 10.6. The van der Waals surface area contributed by atoms with Crippen LogP contribution in [0.15, 0.2) is 17.2 Å². The van der Waals surface area contributed by atoms with Crippen LogP contribution in [0.25, 0.3) is 0 Å². The second kappa shape index (κ2) is 9.30. The van der Waals surface area contributed by atoms with Gasteiger partial charge in [-0.05, 0) is 45.6 Å². The summed E-state index contributed by atoms with van der Waals surface area (Å²) in [5.74, 6) is -0.606. The van der Waals surface area contributed by atoms with Crippen molar-refractivity contribution in [1.82, 2.24) is 19.5 Å². The Morgan fingerprint density at radius 2 is 1.79 bits per heavy atom. The summed E-state index contributed by atoms with van der Waals surface area (Å²) in [5, 5.41) is 2.87. The smallest absolute Gasteiger partial charge is 0.270 e. The van der Waals surface area contributed by atoms with Crippen LogP contribution in [-0.4, -0.2) is 66.6 Å². The normalized spacial score (nSPS) is 21.8. The van der Waals surface area contributed by atoms with Gasteiger partial charge in [-0.1, -0.05) is 12.8 Å². The van der Waals surface area contributed by atoms with E-state index in [1.165, 1.54) is 16.6 Å². The molecular formula is C20H32N4O4S. The minimum absolute atomic E-state index is 0.0201. The Morgan fingerprint density at radius 1 is 1.10 bits per heavy atom. The summed E-state index contributed by atoms with van der Waals surface area (Å²) in [7, 11) is -3.76. The van der Waals surface area contributed by atoms with Crippen LogP contribution in [0.1, 0.15) is 62.9 Å². The summed E-state index contributed by atoms with van der Waals surface area (Å²) in [6.45, 7) is 5.74. The third-order valence-electron chi connectivity index (χ3n) is 5.60. The predicted molar refractivity (Wildman–Crippen MR) is 110 cm³/mol. The van der Waals surface area contributed by atoms with E-state index in [2.05, 4.69) is 10.3 Å². The fourth-order valence-corrected chi connectivity index (χ4v) is 5.54. The SMILES string of the molecule is CC(C)NC(=O)[C@H]1CCCN(S(=O)(=O)c2c[nH]c(C(=O)N3CCCCCC3)c2)C1. The molecule has 1 atom stereocenters. The van der Waals surface area contributed by atoms with Crippen LogP contribution >= 0.6 is 0 Å². The van der Waals surface area contributed by atoms with E-state index in [1.54, 1.807) is 4.90 Å². The number of aromatic amines is 1. The Labute approximate surface area is 173 Å². The number of nitrogens with zero attached hydrogens (tertiary/aromatic N) is 2. The van der Waals surface area contributed by atoms with Crippen LogP contribution in [0.3, 0.4) is 0 Å². The molecule has 0 spiro atoms. The van der Waals surface area contributed by atoms with Gasteiger partial charge in [0.05, 0.1) is 5.92 Å². The maximum atomic E-state index is 13.1. The van der Waals surface area contributed by atoms with Crippen molar-refractivity contribution in [3.8, 4) is 0 Å². The van der Waals surface area contributed by atoms with E-state index in [-0.39, 0.29) is 35.2 Å². The molecule has 0 aliphatic carbocycles. The van der Waals surface area contributed by atoms with Gasteiger partial charge in [0, 0.05) is 38.4 Å². The second-order valence-corrected chi connectivity index (χ2v) is 10.3. The van der Waals surface area contributed by atoms with Crippen molar-refractivity contribution < 1.29 is 18.0 Å². The lowest BCUT2D eigenvalue weighted by Gasteiger charge is -2.31. The third-order valence-corrected chi connectivity index (χ3v) is 7.45. The number of nitrogens with one attached hydrogen (secondary N) is 2. The van der Waals surface area contributed by atoms with Gasteiger partial charge < -0.3 is 15.2 Å². The molecule has 0 radical (unpaired) electrons. The van der Waals surface area contributed by atoms with Crippen molar-refractivity contribution in [2.75, 3.05) is 26.2 Å². The van der Waals surface area contributed by atoms with Crippen molar-refractivity contribution in [3.05, 3.63) is 18.0 Å². The van der Waals surface area contributed by atoms with Crippen LogP contribution in [0.4, 0.5) is 0 Å². The molecule has 9 heteroatoms. The minimum atomic E-state index is -3.76. The molecular weight excluding hydrogens is 392 g/mol. The number of sulfonamides is 1. The first-order chi connectivity index (χ1) is 13.8. The molecule has 0 bridgehead atoms. The zero-order valence-corrected chi connectivity index (χ0v) is 18.1. The molecule has 2 N–H and O–H groups in total. The summed E-state index contributed by atoms with van der Waals surface area (Å²) in [5.41, 5.74) is 0.302. The Morgan fingerprint density at radius 3 is 2.45 bits per heavy atom. The molecule has 0 saturated carbocycles. The number of carbonyl (C=O) groups excluding carboxylic acids is 2. The van der Waals surface area contributed by atoms with Crippen molar-refractivity contribution in [2.45, 2.75) is 63.3 Å². The zero-order chi connectivity index (χ0) is 21.0. The minimum Gasteiger partial charge on any atom is -0.356 e. The number of hydrogen-bond acceptors (Lipinski definition) is 4. The maximum Gasteiger partial charge on any atom is 0.270 e. The van der Waals surface area contributed by atoms with Crippen molar-refractivity contribution >= 4 is 21.8 Å². The molecule has 29 heavy (non-hydrogen) atoms. The largest absolute Gasteiger partial charge is 0.356 e. The molecule has 8 nitrogen and oxygen atoms in total. The Bertz CT molecular complexity index is 825. The van der Waals surface area contributed by atoms with Gasteiger partial charge in [-0.25, -0.2) is 8.42 Å². The van der Waals surface area contributed by atoms with E-state index in [4.69, 9.17) is 0 Å². The second-order valence-electron chi connectivity index (χ2n) is 8.32. The Hall–Kier alpha value is -1.87. The fourth-order valence-electron chi connectivity index (χ4n) is 4.02. The number of hydrogen-bond donors (Lipinski definition) is 2. The standard InChI is InChI=1S/C20H32N4O4S/c1-15(2)22-19(25)16-8-7-11-24(14-16)29(27,28)17-12-18(21-13-17)20(26)23-9-5-3-4-6-10-23/h12-13,15-16,21H,3-11,14H2,1-2H3,(H,22,25)/t16-/m0/s1. The van der Waals surface area contributed by atoms with Gasteiger partial charge in [0.1, 0.15) is 10.6 Å². The molecule has 2 fully saturated rings. The molecule has 2 aliphatic heterocycles. The lowest BCUT2D eigenvalue weighted by atomic mass is 9.98. The molecule has 2 saturated heterocycles. The van der Waals surface area contributed by atoms with Crippen LogP contribution < -0.4 is 5.32 Å². The fraction of sp³-hybridized carbons (Fsp3) is 0.700. The molecule has 0 aromatic carbocycles. The number of piperidine rings is 1. The highest BCUT2D eigenvalue weighted by Crippen LogP contribution is 2.25. The number of carbonyl (C=O) groups is 2. The molecule has 3 heterocycles. The lowest BCUT2D eigenvalue weighted by Crippen LogP contribution is -2.46. The average molecular weight is 425 g/mol. The summed E-state index contributed by atoms with van der Waals surface area (Å²) >= 11 is 0. The van der Waals surface area contributed by atoms with Gasteiger partial charge in [-0.2, -0.15) is 4.31 Å². The number of amides is 2. The highest BCUT2D eigenvalue weighted by Gasteiger charge is 2.34. The van der Waals surface area contributed by atoms with Gasteiger partial charge in [0.2, 0.25) is 15.9 Å². The number of likely N-dealkylation sites (tertiary alicyclic amines) is 1. The van der Waals surface area contributed by atoms with Gasteiger partial charge >= 0.3 is 0 Å². The highest BCUT2D eigenvalue weighted by atomic mass is 32.2. The Kier molecular flexibility index (Phi) is 7.00. The van der Waals surface area contributed by atoms with Crippen LogP contribution in [0, 0.1) is 5.92 Å². The summed E-state index contributed by atoms with van der Waals surface area (Å²) in [4.78, 5) is 29.8. The lowest BCUT2D eigenvalue weighted by molar-refractivity contribution is -0.126. The number of rotatable bonds is 5. The predicted octanol–water partition coefficient (Wildman–Crippen LogP) is 1.96. The summed E-state index contributed by atoms with van der Waals surface area (Å²) < 4.78 is 27.6. The number of H-pyrrole nitrogens is 1. The van der Waals surface area contributed by atoms with Gasteiger partial charge in [-0.15, -0.1) is 0 Å². The number of aromatic nitrogens is 1. The van der Waals surface area contributed by atoms with E-state index < -0.39 is 10.0 Å². The molecule has 1 aromatic heterocycles. The van der Waals surface area contributed by atoms with Crippen molar-refractivity contribution in [2.24, 2.45) is 5.92 Å². The topological polar surface area (TPSA) is 103 Å². The van der Waals surface area contributed by atoms with Gasteiger partial charge in [-0.3, -0.25) is 9.59 Å². The molecule has 3 rings (SSSR count). The molecule has 0 unspecified atom stereocenters. The van der Waals surface area contributed by atoms with Crippen molar-refractivity contribution in [3.63, 3.8) is 0 Å². The molecule has 162 valence electrons.